The van der Waals surface area contributed by atoms with Gasteiger partial charge in [-0.15, -0.1) is 0 Å². The van der Waals surface area contributed by atoms with Gasteiger partial charge in [0, 0.05) is 11.6 Å². The van der Waals surface area contributed by atoms with Crippen molar-refractivity contribution in [3.63, 3.8) is 0 Å². The summed E-state index contributed by atoms with van der Waals surface area (Å²) in [6, 6.07) is 5.67. The fourth-order valence-electron chi connectivity index (χ4n) is 3.08. The van der Waals surface area contributed by atoms with Crippen LogP contribution in [0.4, 0.5) is 0 Å². The number of hydrogen-bond donors (Lipinski definition) is 0. The van der Waals surface area contributed by atoms with E-state index < -0.39 is 5.54 Å². The molecular formula is C14H15ClN2O2. The van der Waals surface area contributed by atoms with E-state index in [1.807, 2.05) is 22.8 Å². The van der Waals surface area contributed by atoms with Crippen molar-refractivity contribution in [3.05, 3.63) is 29.5 Å². The number of carbonyl (C=O) groups excluding carboxylic acids is 1. The van der Waals surface area contributed by atoms with E-state index >= 15 is 0 Å². The number of pyridine rings is 1. The zero-order valence-corrected chi connectivity index (χ0v) is 11.5. The van der Waals surface area contributed by atoms with Crippen LogP contribution in [0.5, 0.6) is 0 Å². The van der Waals surface area contributed by atoms with E-state index in [-0.39, 0.29) is 5.97 Å². The Kier molecular flexibility index (Phi) is 2.97. The Morgan fingerprint density at radius 2 is 2.21 bits per heavy atom. The summed E-state index contributed by atoms with van der Waals surface area (Å²) in [6.45, 7) is 0. The van der Waals surface area contributed by atoms with Crippen LogP contribution >= 0.6 is 11.6 Å². The van der Waals surface area contributed by atoms with E-state index in [4.69, 9.17) is 16.3 Å². The second kappa shape index (κ2) is 4.53. The smallest absolute Gasteiger partial charge is 0.332 e. The van der Waals surface area contributed by atoms with Crippen LogP contribution in [-0.2, 0) is 15.1 Å². The fraction of sp³-hybridized carbons (Fsp3) is 0.429. The molecule has 1 aliphatic rings. The average molecular weight is 279 g/mol. The molecular weight excluding hydrogens is 264 g/mol. The van der Waals surface area contributed by atoms with Gasteiger partial charge in [-0.25, -0.2) is 9.78 Å². The maximum atomic E-state index is 12.3. The van der Waals surface area contributed by atoms with Gasteiger partial charge in [0.15, 0.2) is 0 Å². The molecule has 19 heavy (non-hydrogen) atoms. The molecule has 0 amide bonds. The Labute approximate surface area is 116 Å². The minimum absolute atomic E-state index is 0.227. The highest BCUT2D eigenvalue weighted by Gasteiger charge is 2.46. The van der Waals surface area contributed by atoms with Crippen molar-refractivity contribution in [2.24, 2.45) is 0 Å². The molecule has 2 aromatic rings. The zero-order valence-electron chi connectivity index (χ0n) is 10.7. The summed E-state index contributed by atoms with van der Waals surface area (Å²) in [6.07, 6.45) is 5.21. The van der Waals surface area contributed by atoms with E-state index in [9.17, 15) is 4.79 Å². The van der Waals surface area contributed by atoms with Gasteiger partial charge in [0.05, 0.1) is 7.11 Å². The Hall–Kier alpha value is -1.55. The number of fused-ring (bicyclic) bond motifs is 1. The molecule has 2 heterocycles. The van der Waals surface area contributed by atoms with Crippen molar-refractivity contribution in [2.45, 2.75) is 31.2 Å². The Morgan fingerprint density at radius 1 is 1.47 bits per heavy atom. The van der Waals surface area contributed by atoms with E-state index in [0.29, 0.717) is 5.15 Å². The van der Waals surface area contributed by atoms with E-state index in [1.165, 1.54) is 7.11 Å². The first kappa shape index (κ1) is 12.5. The van der Waals surface area contributed by atoms with Crippen molar-refractivity contribution >= 4 is 28.6 Å². The summed E-state index contributed by atoms with van der Waals surface area (Å²) in [5, 5.41) is 1.49. The molecule has 0 saturated heterocycles. The first-order chi connectivity index (χ1) is 9.19. The lowest BCUT2D eigenvalue weighted by Gasteiger charge is -2.29. The molecule has 1 aliphatic carbocycles. The van der Waals surface area contributed by atoms with Crippen LogP contribution in [0.15, 0.2) is 24.4 Å². The first-order valence-electron chi connectivity index (χ1n) is 6.40. The SMILES string of the molecule is COC(=O)C1(n2c(Cl)cc3cccnc32)CCCC1. The highest BCUT2D eigenvalue weighted by Crippen LogP contribution is 2.42. The van der Waals surface area contributed by atoms with Crippen LogP contribution in [0.2, 0.25) is 5.15 Å². The molecule has 0 radical (unpaired) electrons. The predicted molar refractivity (Wildman–Crippen MR) is 73.2 cm³/mol. The summed E-state index contributed by atoms with van der Waals surface area (Å²) >= 11 is 6.35. The molecule has 0 bridgehead atoms. The van der Waals surface area contributed by atoms with Crippen LogP contribution in [0.3, 0.4) is 0 Å². The normalized spacial score (nSPS) is 17.8. The van der Waals surface area contributed by atoms with Gasteiger partial charge in [-0.1, -0.05) is 24.4 Å². The monoisotopic (exact) mass is 278 g/mol. The first-order valence-corrected chi connectivity index (χ1v) is 6.78. The molecule has 0 atom stereocenters. The summed E-state index contributed by atoms with van der Waals surface area (Å²) in [5.41, 5.74) is 0.0573. The molecule has 100 valence electrons. The van der Waals surface area contributed by atoms with Crippen molar-refractivity contribution in [1.82, 2.24) is 9.55 Å². The summed E-state index contributed by atoms with van der Waals surface area (Å²) in [5.74, 6) is -0.227. The van der Waals surface area contributed by atoms with E-state index in [0.717, 1.165) is 36.7 Å². The van der Waals surface area contributed by atoms with Gasteiger partial charge in [-0.3, -0.25) is 4.57 Å². The molecule has 1 fully saturated rings. The molecule has 1 saturated carbocycles. The predicted octanol–water partition coefficient (Wildman–Crippen LogP) is 3.13. The van der Waals surface area contributed by atoms with E-state index in [2.05, 4.69) is 4.98 Å². The van der Waals surface area contributed by atoms with Gasteiger partial charge in [0.2, 0.25) is 0 Å². The number of aromatic nitrogens is 2. The molecule has 0 N–H and O–H groups in total. The maximum absolute atomic E-state index is 12.3. The molecule has 5 heteroatoms. The molecule has 4 nitrogen and oxygen atoms in total. The third kappa shape index (κ3) is 1.74. The fourth-order valence-corrected chi connectivity index (χ4v) is 3.44. The maximum Gasteiger partial charge on any atom is 0.332 e. The van der Waals surface area contributed by atoms with Crippen molar-refractivity contribution < 1.29 is 9.53 Å². The third-order valence-electron chi connectivity index (χ3n) is 3.94. The topological polar surface area (TPSA) is 44.1 Å². The van der Waals surface area contributed by atoms with E-state index in [1.54, 1.807) is 6.20 Å². The van der Waals surface area contributed by atoms with Crippen molar-refractivity contribution in [3.8, 4) is 0 Å². The number of ether oxygens (including phenoxy) is 1. The standard InChI is InChI=1S/C14H15ClN2O2/c1-19-13(18)14(6-2-3-7-14)17-11(15)9-10-5-4-8-16-12(10)17/h4-5,8-9H,2-3,6-7H2,1H3. The van der Waals surface area contributed by atoms with Gasteiger partial charge >= 0.3 is 5.97 Å². The van der Waals surface area contributed by atoms with Gasteiger partial charge in [-0.05, 0) is 31.0 Å². The molecule has 3 rings (SSSR count). The van der Waals surface area contributed by atoms with Crippen molar-refractivity contribution in [2.75, 3.05) is 7.11 Å². The number of halogens is 1. The molecule has 0 unspecified atom stereocenters. The quantitative estimate of drug-likeness (QED) is 0.793. The van der Waals surface area contributed by atoms with Crippen LogP contribution in [0, 0.1) is 0 Å². The van der Waals surface area contributed by atoms with Crippen molar-refractivity contribution in [1.29, 1.82) is 0 Å². The van der Waals surface area contributed by atoms with Crippen LogP contribution in [0.25, 0.3) is 11.0 Å². The molecule has 2 aromatic heterocycles. The third-order valence-corrected chi connectivity index (χ3v) is 4.22. The summed E-state index contributed by atoms with van der Waals surface area (Å²) in [7, 11) is 1.43. The van der Waals surface area contributed by atoms with Gasteiger partial charge < -0.3 is 4.74 Å². The number of esters is 1. The Bertz CT molecular complexity index is 629. The van der Waals surface area contributed by atoms with Gasteiger partial charge in [0.25, 0.3) is 0 Å². The lowest BCUT2D eigenvalue weighted by molar-refractivity contribution is -0.150. The number of nitrogens with zero attached hydrogens (tertiary/aromatic N) is 2. The lowest BCUT2D eigenvalue weighted by Crippen LogP contribution is -2.40. The molecule has 0 aliphatic heterocycles. The number of rotatable bonds is 2. The molecule has 0 aromatic carbocycles. The number of carbonyl (C=O) groups is 1. The minimum Gasteiger partial charge on any atom is -0.467 e. The minimum atomic E-state index is -0.693. The zero-order chi connectivity index (χ0) is 13.5. The summed E-state index contributed by atoms with van der Waals surface area (Å²) < 4.78 is 6.87. The second-order valence-corrected chi connectivity index (χ2v) is 5.34. The largest absolute Gasteiger partial charge is 0.467 e. The van der Waals surface area contributed by atoms with Gasteiger partial charge in [-0.2, -0.15) is 0 Å². The Morgan fingerprint density at radius 3 is 2.89 bits per heavy atom. The summed E-state index contributed by atoms with van der Waals surface area (Å²) in [4.78, 5) is 16.7. The van der Waals surface area contributed by atoms with Crippen LogP contribution in [-0.4, -0.2) is 22.6 Å². The number of methoxy groups -OCH3 is 1. The van der Waals surface area contributed by atoms with Crippen LogP contribution in [0.1, 0.15) is 25.7 Å². The molecule has 0 spiro atoms. The lowest BCUT2D eigenvalue weighted by atomic mass is 9.97. The average Bonchev–Trinajstić information content (AvgIpc) is 3.01. The Balaban J connectivity index is 2.26. The second-order valence-electron chi connectivity index (χ2n) is 4.95. The number of hydrogen-bond acceptors (Lipinski definition) is 3. The highest BCUT2D eigenvalue weighted by atomic mass is 35.5. The van der Waals surface area contributed by atoms with Crippen LogP contribution < -0.4 is 0 Å². The van der Waals surface area contributed by atoms with Gasteiger partial charge in [0.1, 0.15) is 16.3 Å². The highest BCUT2D eigenvalue weighted by molar-refractivity contribution is 6.31.